The van der Waals surface area contributed by atoms with E-state index in [-0.39, 0.29) is 6.61 Å². The molecule has 2 atom stereocenters. The normalized spacial score (nSPS) is 12.6. The number of carbonyl (C=O) groups is 3. The molecule has 2 aromatic carbocycles. The summed E-state index contributed by atoms with van der Waals surface area (Å²) in [7, 11) is 0. The molecule has 0 saturated carbocycles. The number of benzene rings is 2. The van der Waals surface area contributed by atoms with E-state index in [1.54, 1.807) is 42.5 Å². The highest BCUT2D eigenvalue weighted by Gasteiger charge is 2.17. The molecule has 0 aliphatic rings. The van der Waals surface area contributed by atoms with Gasteiger partial charge in [0.05, 0.1) is 5.25 Å². The van der Waals surface area contributed by atoms with E-state index in [0.717, 1.165) is 22.9 Å². The summed E-state index contributed by atoms with van der Waals surface area (Å²) in [5.41, 5.74) is 6.71. The van der Waals surface area contributed by atoms with Crippen molar-refractivity contribution in [2.75, 3.05) is 6.61 Å². The fourth-order valence-electron chi connectivity index (χ4n) is 2.50. The zero-order valence-electron chi connectivity index (χ0n) is 15.2. The molecule has 8 heteroatoms. The smallest absolute Gasteiger partial charge is 0.303 e. The number of hydrogen-bond donors (Lipinski definition) is 1. The number of aldehydes is 1. The van der Waals surface area contributed by atoms with Crippen LogP contribution in [0.15, 0.2) is 48.5 Å². The predicted octanol–water partition coefficient (Wildman–Crippen LogP) is 3.95. The van der Waals surface area contributed by atoms with E-state index in [1.165, 1.54) is 6.92 Å². The van der Waals surface area contributed by atoms with Crippen molar-refractivity contribution in [1.29, 1.82) is 0 Å². The van der Waals surface area contributed by atoms with Gasteiger partial charge in [0, 0.05) is 11.9 Å². The summed E-state index contributed by atoms with van der Waals surface area (Å²) in [4.78, 5) is 33.4. The fraction of sp³-hybridized carbons (Fsp3) is 0.250. The van der Waals surface area contributed by atoms with Crippen molar-refractivity contribution < 1.29 is 23.9 Å². The minimum absolute atomic E-state index is 0.119. The molecule has 6 nitrogen and oxygen atoms in total. The molecule has 0 heterocycles. The van der Waals surface area contributed by atoms with Crippen LogP contribution in [0.3, 0.4) is 0 Å². The van der Waals surface area contributed by atoms with Gasteiger partial charge >= 0.3 is 5.97 Å². The Morgan fingerprint density at radius 2 is 1.93 bits per heavy atom. The van der Waals surface area contributed by atoms with Crippen LogP contribution in [0.1, 0.15) is 24.2 Å². The minimum Gasteiger partial charge on any atom is -0.489 e. The van der Waals surface area contributed by atoms with Crippen LogP contribution < -0.4 is 10.5 Å². The molecule has 2 N–H and O–H groups in total. The number of primary amides is 1. The number of hydrogen-bond acceptors (Lipinski definition) is 6. The van der Waals surface area contributed by atoms with Crippen molar-refractivity contribution >= 4 is 40.9 Å². The third kappa shape index (κ3) is 7.25. The van der Waals surface area contributed by atoms with E-state index >= 15 is 0 Å². The first-order chi connectivity index (χ1) is 13.4. The molecule has 1 unspecified atom stereocenters. The van der Waals surface area contributed by atoms with E-state index in [2.05, 4.69) is 0 Å². The maximum absolute atomic E-state index is 11.4. The van der Waals surface area contributed by atoms with Crippen LogP contribution in [0, 0.1) is 0 Å². The van der Waals surface area contributed by atoms with Crippen molar-refractivity contribution in [1.82, 2.24) is 0 Å². The molecule has 2 aromatic rings. The summed E-state index contributed by atoms with van der Waals surface area (Å²) >= 11 is 6.81. The Morgan fingerprint density at radius 3 is 2.50 bits per heavy atom. The van der Waals surface area contributed by atoms with Gasteiger partial charge in [-0.15, -0.1) is 0 Å². The van der Waals surface area contributed by atoms with Crippen molar-refractivity contribution in [2.24, 2.45) is 5.73 Å². The van der Waals surface area contributed by atoms with Crippen LogP contribution in [0.5, 0.6) is 5.75 Å². The lowest BCUT2D eigenvalue weighted by Crippen LogP contribution is -2.17. The van der Waals surface area contributed by atoms with Crippen molar-refractivity contribution in [3.8, 4) is 5.75 Å². The monoisotopic (exact) mass is 421 g/mol. The third-order valence-electron chi connectivity index (χ3n) is 3.71. The van der Waals surface area contributed by atoms with Crippen molar-refractivity contribution in [2.45, 2.75) is 24.7 Å². The van der Waals surface area contributed by atoms with E-state index in [4.69, 9.17) is 26.8 Å². The van der Waals surface area contributed by atoms with E-state index in [9.17, 15) is 14.4 Å². The van der Waals surface area contributed by atoms with E-state index in [1.807, 2.05) is 6.07 Å². The number of rotatable bonds is 9. The summed E-state index contributed by atoms with van der Waals surface area (Å²) in [5, 5.41) is -0.576. The van der Waals surface area contributed by atoms with Gasteiger partial charge in [-0.1, -0.05) is 47.6 Å². The highest BCUT2D eigenvalue weighted by atomic mass is 35.5. The van der Waals surface area contributed by atoms with Crippen LogP contribution in [0.25, 0.3) is 0 Å². The molecule has 0 aromatic heterocycles. The molecule has 0 aliphatic carbocycles. The maximum Gasteiger partial charge on any atom is 0.303 e. The molecular weight excluding hydrogens is 402 g/mol. The quantitative estimate of drug-likeness (QED) is 0.486. The number of esters is 1. The van der Waals surface area contributed by atoms with Crippen LogP contribution in [0.4, 0.5) is 4.79 Å². The van der Waals surface area contributed by atoms with Crippen LogP contribution in [0.2, 0.25) is 5.02 Å². The van der Waals surface area contributed by atoms with Gasteiger partial charge in [-0.2, -0.15) is 0 Å². The van der Waals surface area contributed by atoms with Gasteiger partial charge in [0.25, 0.3) is 5.24 Å². The second-order valence-corrected chi connectivity index (χ2v) is 7.60. The molecular formula is C20H20ClNO5S. The second kappa shape index (κ2) is 10.7. The first kappa shape index (κ1) is 21.8. The largest absolute Gasteiger partial charge is 0.489 e. The van der Waals surface area contributed by atoms with Crippen molar-refractivity contribution in [3.63, 3.8) is 0 Å². The Hall–Kier alpha value is -2.51. The molecule has 0 bridgehead atoms. The van der Waals surface area contributed by atoms with Crippen molar-refractivity contribution in [3.05, 3.63) is 64.7 Å². The van der Waals surface area contributed by atoms with E-state index in [0.29, 0.717) is 23.5 Å². The lowest BCUT2D eigenvalue weighted by molar-refractivity contribution is -0.148. The van der Waals surface area contributed by atoms with Crippen LogP contribution in [-0.4, -0.2) is 29.4 Å². The molecule has 0 spiro atoms. The number of thioether (sulfide) groups is 1. The van der Waals surface area contributed by atoms with Gasteiger partial charge < -0.3 is 20.0 Å². The summed E-state index contributed by atoms with van der Waals surface area (Å²) in [6.45, 7) is 1.45. The van der Waals surface area contributed by atoms with Gasteiger partial charge in [0.1, 0.15) is 18.6 Å². The number of amides is 1. The lowest BCUT2D eigenvalue weighted by atomic mass is 10.1. The molecule has 0 saturated heterocycles. The fourth-order valence-corrected chi connectivity index (χ4v) is 3.33. The summed E-state index contributed by atoms with van der Waals surface area (Å²) in [6.07, 6.45) is 0.493. The Labute approximate surface area is 172 Å². The van der Waals surface area contributed by atoms with Gasteiger partial charge in [0.2, 0.25) is 0 Å². The predicted molar refractivity (Wildman–Crippen MR) is 109 cm³/mol. The van der Waals surface area contributed by atoms with E-state index < -0.39 is 22.6 Å². The Balaban J connectivity index is 2.00. The molecule has 28 heavy (non-hydrogen) atoms. The van der Waals surface area contributed by atoms with Crippen LogP contribution >= 0.6 is 23.4 Å². The molecule has 2 rings (SSSR count). The highest BCUT2D eigenvalue weighted by Crippen LogP contribution is 2.24. The van der Waals surface area contributed by atoms with Gasteiger partial charge in [-0.05, 0) is 41.8 Å². The molecule has 0 aliphatic heterocycles. The number of halogens is 1. The SMILES string of the molecule is CC(=O)O[C@@H](COc1ccc(CC(C=O)SC(N)=O)cc1)c1cccc(Cl)c1. The lowest BCUT2D eigenvalue weighted by Gasteiger charge is -2.18. The number of nitrogens with two attached hydrogens (primary N) is 1. The molecule has 148 valence electrons. The van der Waals surface area contributed by atoms with Crippen LogP contribution in [-0.2, 0) is 20.7 Å². The minimum atomic E-state index is -0.595. The average Bonchev–Trinajstić information content (AvgIpc) is 2.65. The first-order valence-electron chi connectivity index (χ1n) is 8.43. The summed E-state index contributed by atoms with van der Waals surface area (Å²) < 4.78 is 11.1. The zero-order chi connectivity index (χ0) is 20.5. The average molecular weight is 422 g/mol. The highest BCUT2D eigenvalue weighted by molar-refractivity contribution is 8.14. The summed E-state index contributed by atoms with van der Waals surface area (Å²) in [5.74, 6) is 0.156. The number of carbonyl (C=O) groups excluding carboxylic acids is 3. The Kier molecular flexibility index (Phi) is 8.35. The van der Waals surface area contributed by atoms with Gasteiger partial charge in [-0.3, -0.25) is 9.59 Å². The Bertz CT molecular complexity index is 828. The zero-order valence-corrected chi connectivity index (χ0v) is 16.7. The molecule has 0 fully saturated rings. The molecule has 0 radical (unpaired) electrons. The summed E-state index contributed by atoms with van der Waals surface area (Å²) in [6, 6.07) is 14.1. The second-order valence-electron chi connectivity index (χ2n) is 5.92. The topological polar surface area (TPSA) is 95.7 Å². The Morgan fingerprint density at radius 1 is 1.21 bits per heavy atom. The standard InChI is InChI=1S/C20H20ClNO5S/c1-13(24)27-19(15-3-2-4-16(21)10-15)12-26-17-7-5-14(6-8-17)9-18(11-23)28-20(22)25/h2-8,10-11,18-19H,9,12H2,1H3,(H2,22,25)/t18?,19-/m0/s1. The maximum atomic E-state index is 11.4. The van der Waals surface area contributed by atoms with Gasteiger partial charge in [-0.25, -0.2) is 0 Å². The number of ether oxygens (including phenoxy) is 2. The first-order valence-corrected chi connectivity index (χ1v) is 9.69. The van der Waals surface area contributed by atoms with Gasteiger partial charge in [0.15, 0.2) is 6.10 Å². The molecule has 1 amide bonds. The third-order valence-corrected chi connectivity index (χ3v) is 4.76.